The van der Waals surface area contributed by atoms with Crippen molar-refractivity contribution < 1.29 is 0 Å². The average molecular weight is 274 g/mol. The minimum Gasteiger partial charge on any atom is -0.310 e. The van der Waals surface area contributed by atoms with Crippen molar-refractivity contribution in [1.82, 2.24) is 10.3 Å². The molecule has 20 heavy (non-hydrogen) atoms. The lowest BCUT2D eigenvalue weighted by Gasteiger charge is -2.34. The van der Waals surface area contributed by atoms with Crippen LogP contribution in [-0.4, -0.2) is 11.5 Å². The fourth-order valence-corrected chi connectivity index (χ4v) is 3.69. The van der Waals surface area contributed by atoms with E-state index in [1.165, 1.54) is 37.7 Å². The number of rotatable bonds is 5. The molecular weight excluding hydrogens is 244 g/mol. The number of pyridine rings is 1. The SMILES string of the molecule is CCCNC(c1cc(C)nc(C)c1)C1CCCC(C)C1. The fraction of sp³-hybridized carbons (Fsp3) is 0.722. The predicted octanol–water partition coefficient (Wildman–Crippen LogP) is 4.57. The Hall–Kier alpha value is -0.890. The first-order chi connectivity index (χ1) is 9.60. The number of aromatic nitrogens is 1. The molecule has 0 aliphatic heterocycles. The van der Waals surface area contributed by atoms with E-state index < -0.39 is 0 Å². The van der Waals surface area contributed by atoms with Gasteiger partial charge in [-0.05, 0) is 69.2 Å². The highest BCUT2D eigenvalue weighted by molar-refractivity contribution is 5.24. The molecule has 1 aliphatic rings. The molecule has 1 aliphatic carbocycles. The summed E-state index contributed by atoms with van der Waals surface area (Å²) in [6.45, 7) is 9.98. The second kappa shape index (κ2) is 7.21. The van der Waals surface area contributed by atoms with Crippen LogP contribution in [0.2, 0.25) is 0 Å². The van der Waals surface area contributed by atoms with Crippen LogP contribution in [0.4, 0.5) is 0 Å². The molecule has 0 saturated heterocycles. The van der Waals surface area contributed by atoms with Gasteiger partial charge in [-0.3, -0.25) is 4.98 Å². The minimum absolute atomic E-state index is 0.512. The lowest BCUT2D eigenvalue weighted by molar-refractivity contribution is 0.223. The summed E-state index contributed by atoms with van der Waals surface area (Å²) in [6, 6.07) is 5.07. The Bertz CT molecular complexity index is 407. The lowest BCUT2D eigenvalue weighted by atomic mass is 9.76. The maximum Gasteiger partial charge on any atom is 0.0379 e. The van der Waals surface area contributed by atoms with Gasteiger partial charge in [-0.25, -0.2) is 0 Å². The molecule has 1 N–H and O–H groups in total. The van der Waals surface area contributed by atoms with Crippen LogP contribution in [0.15, 0.2) is 12.1 Å². The number of hydrogen-bond acceptors (Lipinski definition) is 2. The van der Waals surface area contributed by atoms with Crippen LogP contribution in [0.5, 0.6) is 0 Å². The molecule has 0 spiro atoms. The van der Waals surface area contributed by atoms with Crippen LogP contribution in [0.3, 0.4) is 0 Å². The number of nitrogens with one attached hydrogen (secondary N) is 1. The molecule has 0 radical (unpaired) electrons. The zero-order valence-electron chi connectivity index (χ0n) is 13.6. The molecule has 2 nitrogen and oxygen atoms in total. The maximum atomic E-state index is 4.53. The Kier molecular flexibility index (Phi) is 5.59. The van der Waals surface area contributed by atoms with Gasteiger partial charge in [0.05, 0.1) is 0 Å². The first-order valence-electron chi connectivity index (χ1n) is 8.28. The third kappa shape index (κ3) is 4.05. The Morgan fingerprint density at radius 2 is 1.95 bits per heavy atom. The second-order valence-corrected chi connectivity index (χ2v) is 6.65. The third-order valence-electron chi connectivity index (χ3n) is 4.53. The second-order valence-electron chi connectivity index (χ2n) is 6.65. The van der Waals surface area contributed by atoms with E-state index in [-0.39, 0.29) is 0 Å². The van der Waals surface area contributed by atoms with Crippen molar-refractivity contribution in [2.24, 2.45) is 11.8 Å². The van der Waals surface area contributed by atoms with Crippen LogP contribution >= 0.6 is 0 Å². The largest absolute Gasteiger partial charge is 0.310 e. The Morgan fingerprint density at radius 1 is 1.25 bits per heavy atom. The van der Waals surface area contributed by atoms with E-state index in [0.717, 1.165) is 29.8 Å². The molecule has 3 atom stereocenters. The highest BCUT2D eigenvalue weighted by atomic mass is 14.9. The molecule has 0 aromatic carbocycles. The van der Waals surface area contributed by atoms with Gasteiger partial charge in [-0.2, -0.15) is 0 Å². The zero-order valence-corrected chi connectivity index (χ0v) is 13.6. The summed E-state index contributed by atoms with van der Waals surface area (Å²) in [7, 11) is 0. The van der Waals surface area contributed by atoms with E-state index in [2.05, 4.69) is 50.1 Å². The van der Waals surface area contributed by atoms with Crippen molar-refractivity contribution in [2.75, 3.05) is 6.54 Å². The van der Waals surface area contributed by atoms with Crippen LogP contribution in [-0.2, 0) is 0 Å². The number of aryl methyl sites for hydroxylation is 2. The lowest BCUT2D eigenvalue weighted by Crippen LogP contribution is -2.32. The van der Waals surface area contributed by atoms with Gasteiger partial charge >= 0.3 is 0 Å². The molecule has 0 amide bonds. The molecule has 1 fully saturated rings. The first kappa shape index (κ1) is 15.5. The monoisotopic (exact) mass is 274 g/mol. The van der Waals surface area contributed by atoms with Crippen LogP contribution in [0, 0.1) is 25.7 Å². The molecule has 1 aromatic rings. The third-order valence-corrected chi connectivity index (χ3v) is 4.53. The normalized spacial score (nSPS) is 24.6. The minimum atomic E-state index is 0.512. The number of nitrogens with zero attached hydrogens (tertiary/aromatic N) is 1. The van der Waals surface area contributed by atoms with Crippen molar-refractivity contribution in [2.45, 2.75) is 65.8 Å². The van der Waals surface area contributed by atoms with E-state index in [9.17, 15) is 0 Å². The van der Waals surface area contributed by atoms with Crippen molar-refractivity contribution in [1.29, 1.82) is 0 Å². The molecule has 112 valence electrons. The van der Waals surface area contributed by atoms with Crippen molar-refractivity contribution in [3.8, 4) is 0 Å². The van der Waals surface area contributed by atoms with Crippen LogP contribution in [0.1, 0.15) is 68.9 Å². The van der Waals surface area contributed by atoms with E-state index in [1.54, 1.807) is 0 Å². The molecule has 2 rings (SSSR count). The summed E-state index contributed by atoms with van der Waals surface area (Å²) >= 11 is 0. The number of hydrogen-bond donors (Lipinski definition) is 1. The standard InChI is InChI=1S/C18H30N2/c1-5-9-19-18(16-8-6-7-13(2)10-16)17-11-14(3)20-15(4)12-17/h11-13,16,18-19H,5-10H2,1-4H3. The highest BCUT2D eigenvalue weighted by Crippen LogP contribution is 2.37. The first-order valence-corrected chi connectivity index (χ1v) is 8.28. The summed E-state index contributed by atoms with van der Waals surface area (Å²) < 4.78 is 0. The quantitative estimate of drug-likeness (QED) is 0.851. The van der Waals surface area contributed by atoms with Crippen molar-refractivity contribution in [3.63, 3.8) is 0 Å². The van der Waals surface area contributed by atoms with Crippen LogP contribution in [0.25, 0.3) is 0 Å². The average Bonchev–Trinajstić information content (AvgIpc) is 2.38. The summed E-state index contributed by atoms with van der Waals surface area (Å²) in [6.07, 6.45) is 6.72. The smallest absolute Gasteiger partial charge is 0.0379 e. The molecular formula is C18H30N2. The highest BCUT2D eigenvalue weighted by Gasteiger charge is 2.27. The van der Waals surface area contributed by atoms with Crippen LogP contribution < -0.4 is 5.32 Å². The van der Waals surface area contributed by atoms with Gasteiger partial charge in [0, 0.05) is 17.4 Å². The molecule has 3 unspecified atom stereocenters. The molecule has 1 heterocycles. The van der Waals surface area contributed by atoms with E-state index >= 15 is 0 Å². The van der Waals surface area contributed by atoms with E-state index in [4.69, 9.17) is 0 Å². The van der Waals surface area contributed by atoms with Gasteiger partial charge in [0.2, 0.25) is 0 Å². The Morgan fingerprint density at radius 3 is 2.55 bits per heavy atom. The van der Waals surface area contributed by atoms with Gasteiger partial charge in [-0.15, -0.1) is 0 Å². The van der Waals surface area contributed by atoms with Gasteiger partial charge in [0.15, 0.2) is 0 Å². The summed E-state index contributed by atoms with van der Waals surface area (Å²) in [4.78, 5) is 4.53. The molecule has 1 saturated carbocycles. The summed E-state index contributed by atoms with van der Waals surface area (Å²) in [5, 5.41) is 3.80. The Labute approximate surface area is 124 Å². The summed E-state index contributed by atoms with van der Waals surface area (Å²) in [5.41, 5.74) is 3.74. The maximum absolute atomic E-state index is 4.53. The van der Waals surface area contributed by atoms with Crippen molar-refractivity contribution in [3.05, 3.63) is 29.1 Å². The van der Waals surface area contributed by atoms with Gasteiger partial charge in [0.25, 0.3) is 0 Å². The summed E-state index contributed by atoms with van der Waals surface area (Å²) in [5.74, 6) is 1.66. The molecule has 1 aromatic heterocycles. The predicted molar refractivity (Wildman–Crippen MR) is 85.9 cm³/mol. The molecule has 0 bridgehead atoms. The van der Waals surface area contributed by atoms with Crippen molar-refractivity contribution >= 4 is 0 Å². The van der Waals surface area contributed by atoms with Gasteiger partial charge < -0.3 is 5.32 Å². The Balaban J connectivity index is 2.21. The van der Waals surface area contributed by atoms with E-state index in [1.807, 2.05) is 0 Å². The van der Waals surface area contributed by atoms with Gasteiger partial charge in [-0.1, -0.05) is 26.7 Å². The topological polar surface area (TPSA) is 24.9 Å². The molecule has 2 heteroatoms. The van der Waals surface area contributed by atoms with Gasteiger partial charge in [0.1, 0.15) is 0 Å². The zero-order chi connectivity index (χ0) is 14.5. The fourth-order valence-electron chi connectivity index (χ4n) is 3.69. The van der Waals surface area contributed by atoms with E-state index in [0.29, 0.717) is 6.04 Å².